The predicted molar refractivity (Wildman–Crippen MR) is 99.5 cm³/mol. The number of nitrogens with one attached hydrogen (secondary N) is 1. The maximum atomic E-state index is 14.3. The minimum atomic E-state index is -0.691. The minimum absolute atomic E-state index is 0.0987. The minimum Gasteiger partial charge on any atom is -0.389 e. The molecule has 1 atom stereocenters. The van der Waals surface area contributed by atoms with Crippen molar-refractivity contribution in [3.8, 4) is 0 Å². The number of urea groups is 1. The SMILES string of the molecule is C[C@H](O)c1ccc(N2CCN(C(=O)NCc3ccccc3)CC2)c(F)c1. The standard InChI is InChI=1S/C20H24FN3O2/c1-15(25)17-7-8-19(18(21)13-17)23-9-11-24(12-10-23)20(26)22-14-16-5-3-2-4-6-16/h2-8,13,15,25H,9-12,14H2,1H3,(H,22,26)/t15-/m0/s1. The lowest BCUT2D eigenvalue weighted by molar-refractivity contribution is 0.193. The van der Waals surface area contributed by atoms with Gasteiger partial charge >= 0.3 is 6.03 Å². The van der Waals surface area contributed by atoms with Gasteiger partial charge in [-0.05, 0) is 30.2 Å². The van der Waals surface area contributed by atoms with Gasteiger partial charge in [-0.1, -0.05) is 36.4 Å². The highest BCUT2D eigenvalue weighted by Crippen LogP contribution is 2.24. The second-order valence-electron chi connectivity index (χ2n) is 6.51. The molecule has 1 aliphatic heterocycles. The molecule has 0 spiro atoms. The van der Waals surface area contributed by atoms with Gasteiger partial charge in [-0.25, -0.2) is 9.18 Å². The van der Waals surface area contributed by atoms with Crippen LogP contribution in [0.5, 0.6) is 0 Å². The number of aliphatic hydroxyl groups is 1. The van der Waals surface area contributed by atoms with E-state index in [-0.39, 0.29) is 11.8 Å². The third kappa shape index (κ3) is 4.32. The fourth-order valence-corrected chi connectivity index (χ4v) is 3.08. The number of anilines is 1. The van der Waals surface area contributed by atoms with Crippen molar-refractivity contribution in [2.75, 3.05) is 31.1 Å². The van der Waals surface area contributed by atoms with Crippen LogP contribution in [0.4, 0.5) is 14.9 Å². The summed E-state index contributed by atoms with van der Waals surface area (Å²) in [6.07, 6.45) is -0.691. The van der Waals surface area contributed by atoms with E-state index in [0.717, 1.165) is 5.56 Å². The summed E-state index contributed by atoms with van der Waals surface area (Å²) in [5.41, 5.74) is 2.13. The van der Waals surface area contributed by atoms with E-state index < -0.39 is 6.10 Å². The third-order valence-electron chi connectivity index (χ3n) is 4.65. The first-order chi connectivity index (χ1) is 12.5. The van der Waals surface area contributed by atoms with Gasteiger partial charge in [0.15, 0.2) is 0 Å². The lowest BCUT2D eigenvalue weighted by Gasteiger charge is -2.36. The molecule has 2 aromatic rings. The van der Waals surface area contributed by atoms with Crippen molar-refractivity contribution >= 4 is 11.7 Å². The Kier molecular flexibility index (Phi) is 5.73. The molecule has 2 amide bonds. The van der Waals surface area contributed by atoms with Gasteiger partial charge in [0.1, 0.15) is 5.82 Å². The zero-order chi connectivity index (χ0) is 18.5. The Bertz CT molecular complexity index is 744. The van der Waals surface area contributed by atoms with Crippen LogP contribution >= 0.6 is 0 Å². The molecule has 5 nitrogen and oxygen atoms in total. The van der Waals surface area contributed by atoms with E-state index in [1.807, 2.05) is 35.2 Å². The predicted octanol–water partition coefficient (Wildman–Crippen LogP) is 2.91. The van der Waals surface area contributed by atoms with Crippen molar-refractivity contribution < 1.29 is 14.3 Å². The monoisotopic (exact) mass is 357 g/mol. The number of carbonyl (C=O) groups is 1. The first-order valence-corrected chi connectivity index (χ1v) is 8.84. The summed E-state index contributed by atoms with van der Waals surface area (Å²) in [6, 6.07) is 14.5. The average molecular weight is 357 g/mol. The highest BCUT2D eigenvalue weighted by molar-refractivity contribution is 5.74. The number of rotatable bonds is 4. The second-order valence-corrected chi connectivity index (χ2v) is 6.51. The molecular formula is C20H24FN3O2. The molecule has 1 heterocycles. The summed E-state index contributed by atoms with van der Waals surface area (Å²) in [7, 11) is 0. The summed E-state index contributed by atoms with van der Waals surface area (Å²) in [5, 5.41) is 12.5. The van der Waals surface area contributed by atoms with Crippen LogP contribution in [-0.2, 0) is 6.54 Å². The zero-order valence-electron chi connectivity index (χ0n) is 14.9. The molecule has 0 aliphatic carbocycles. The van der Waals surface area contributed by atoms with Crippen LogP contribution in [0, 0.1) is 5.82 Å². The zero-order valence-corrected chi connectivity index (χ0v) is 14.9. The number of halogens is 1. The molecule has 138 valence electrons. The van der Waals surface area contributed by atoms with Crippen molar-refractivity contribution in [3.05, 3.63) is 65.5 Å². The van der Waals surface area contributed by atoms with Gasteiger partial charge < -0.3 is 20.2 Å². The number of benzene rings is 2. The van der Waals surface area contributed by atoms with Crippen LogP contribution in [-0.4, -0.2) is 42.2 Å². The lowest BCUT2D eigenvalue weighted by Crippen LogP contribution is -2.51. The highest BCUT2D eigenvalue weighted by Gasteiger charge is 2.23. The van der Waals surface area contributed by atoms with E-state index >= 15 is 0 Å². The van der Waals surface area contributed by atoms with E-state index in [1.54, 1.807) is 24.0 Å². The Morgan fingerprint density at radius 2 is 1.85 bits per heavy atom. The largest absolute Gasteiger partial charge is 0.389 e. The fourth-order valence-electron chi connectivity index (χ4n) is 3.08. The van der Waals surface area contributed by atoms with Gasteiger partial charge in [-0.15, -0.1) is 0 Å². The summed E-state index contributed by atoms with van der Waals surface area (Å²) in [4.78, 5) is 16.0. The molecule has 2 aromatic carbocycles. The molecule has 0 aromatic heterocycles. The first kappa shape index (κ1) is 18.2. The Labute approximate surface area is 153 Å². The topological polar surface area (TPSA) is 55.8 Å². The van der Waals surface area contributed by atoms with Crippen LogP contribution < -0.4 is 10.2 Å². The van der Waals surface area contributed by atoms with E-state index in [2.05, 4.69) is 5.32 Å². The van der Waals surface area contributed by atoms with Crippen molar-refractivity contribution in [1.82, 2.24) is 10.2 Å². The van der Waals surface area contributed by atoms with Gasteiger partial charge in [0.25, 0.3) is 0 Å². The van der Waals surface area contributed by atoms with Crippen molar-refractivity contribution in [2.45, 2.75) is 19.6 Å². The molecule has 0 bridgehead atoms. The van der Waals surface area contributed by atoms with E-state index in [4.69, 9.17) is 0 Å². The number of aliphatic hydroxyl groups excluding tert-OH is 1. The normalized spacial score (nSPS) is 15.7. The van der Waals surface area contributed by atoms with E-state index in [1.165, 1.54) is 6.07 Å². The molecule has 2 N–H and O–H groups in total. The molecule has 0 radical (unpaired) electrons. The van der Waals surface area contributed by atoms with Crippen LogP contribution in [0.15, 0.2) is 48.5 Å². The van der Waals surface area contributed by atoms with Crippen LogP contribution in [0.2, 0.25) is 0 Å². The third-order valence-corrected chi connectivity index (χ3v) is 4.65. The average Bonchev–Trinajstić information content (AvgIpc) is 2.67. The number of piperazine rings is 1. The molecule has 1 fully saturated rings. The van der Waals surface area contributed by atoms with Crippen molar-refractivity contribution in [2.24, 2.45) is 0 Å². The molecule has 1 aliphatic rings. The highest BCUT2D eigenvalue weighted by atomic mass is 19.1. The van der Waals surface area contributed by atoms with Gasteiger partial charge in [-0.3, -0.25) is 0 Å². The Morgan fingerprint density at radius 3 is 2.46 bits per heavy atom. The molecule has 26 heavy (non-hydrogen) atoms. The summed E-state index contributed by atoms with van der Waals surface area (Å²) in [5.74, 6) is -0.342. The molecular weight excluding hydrogens is 333 g/mol. The van der Waals surface area contributed by atoms with Gasteiger partial charge in [0, 0.05) is 32.7 Å². The summed E-state index contributed by atoms with van der Waals surface area (Å²) >= 11 is 0. The number of amides is 2. The Morgan fingerprint density at radius 1 is 1.15 bits per heavy atom. The summed E-state index contributed by atoms with van der Waals surface area (Å²) < 4.78 is 14.3. The maximum Gasteiger partial charge on any atom is 0.317 e. The quantitative estimate of drug-likeness (QED) is 0.885. The van der Waals surface area contributed by atoms with E-state index in [9.17, 15) is 14.3 Å². The molecule has 6 heteroatoms. The first-order valence-electron chi connectivity index (χ1n) is 8.84. The Balaban J connectivity index is 1.53. The van der Waals surface area contributed by atoms with Gasteiger partial charge in [-0.2, -0.15) is 0 Å². The van der Waals surface area contributed by atoms with Crippen LogP contribution in [0.25, 0.3) is 0 Å². The smallest absolute Gasteiger partial charge is 0.317 e. The van der Waals surface area contributed by atoms with E-state index in [0.29, 0.717) is 44.0 Å². The fraction of sp³-hybridized carbons (Fsp3) is 0.350. The maximum absolute atomic E-state index is 14.3. The molecule has 0 unspecified atom stereocenters. The van der Waals surface area contributed by atoms with Gasteiger partial charge in [0.05, 0.1) is 11.8 Å². The number of nitrogens with zero attached hydrogens (tertiary/aromatic N) is 2. The lowest BCUT2D eigenvalue weighted by atomic mass is 10.1. The van der Waals surface area contributed by atoms with Crippen molar-refractivity contribution in [3.63, 3.8) is 0 Å². The molecule has 3 rings (SSSR count). The van der Waals surface area contributed by atoms with Gasteiger partial charge in [0.2, 0.25) is 0 Å². The second kappa shape index (κ2) is 8.19. The van der Waals surface area contributed by atoms with Crippen LogP contribution in [0.1, 0.15) is 24.2 Å². The molecule has 1 saturated heterocycles. The van der Waals surface area contributed by atoms with Crippen LogP contribution in [0.3, 0.4) is 0 Å². The number of hydrogen-bond acceptors (Lipinski definition) is 3. The Hall–Kier alpha value is -2.60. The number of carbonyl (C=O) groups excluding carboxylic acids is 1. The molecule has 0 saturated carbocycles. The summed E-state index contributed by atoms with van der Waals surface area (Å²) in [6.45, 7) is 4.33. The number of hydrogen-bond donors (Lipinski definition) is 2. The van der Waals surface area contributed by atoms with Crippen molar-refractivity contribution in [1.29, 1.82) is 0 Å².